The van der Waals surface area contributed by atoms with Crippen LogP contribution in [0.4, 0.5) is 4.79 Å². The smallest absolute Gasteiger partial charge is 0.460 e. The fourth-order valence-corrected chi connectivity index (χ4v) is 3.14. The normalized spacial score (nSPS) is 11.3. The van der Waals surface area contributed by atoms with E-state index in [4.69, 9.17) is 33.2 Å². The molecule has 1 aromatic rings. The Bertz CT molecular complexity index is 665. The molecule has 0 aliphatic carbocycles. The van der Waals surface area contributed by atoms with Gasteiger partial charge in [-0.05, 0) is 38.5 Å². The van der Waals surface area contributed by atoms with Crippen LogP contribution in [0.5, 0.6) is 0 Å². The maximum Gasteiger partial charge on any atom is 0.508 e. The van der Waals surface area contributed by atoms with Crippen LogP contribution in [0.3, 0.4) is 0 Å². The molecule has 0 bridgehead atoms. The van der Waals surface area contributed by atoms with E-state index in [0.717, 1.165) is 17.7 Å². The predicted octanol–water partition coefficient (Wildman–Crippen LogP) is 3.87. The minimum absolute atomic E-state index is 0.137. The van der Waals surface area contributed by atoms with Gasteiger partial charge in [0.25, 0.3) is 0 Å². The van der Waals surface area contributed by atoms with Gasteiger partial charge in [0.1, 0.15) is 18.8 Å². The maximum absolute atomic E-state index is 11.7. The van der Waals surface area contributed by atoms with Crippen molar-refractivity contribution in [3.63, 3.8) is 0 Å². The minimum atomic E-state index is -0.700. The van der Waals surface area contributed by atoms with Crippen molar-refractivity contribution in [2.75, 3.05) is 71.0 Å². The van der Waals surface area contributed by atoms with Crippen molar-refractivity contribution in [3.05, 3.63) is 35.9 Å². The second kappa shape index (κ2) is 20.4. The van der Waals surface area contributed by atoms with Gasteiger partial charge in [-0.2, -0.15) is 11.8 Å². The van der Waals surface area contributed by atoms with Gasteiger partial charge in [0.15, 0.2) is 0 Å². The van der Waals surface area contributed by atoms with Crippen molar-refractivity contribution in [3.8, 4) is 0 Å². The number of carbonyl (C=O) groups is 2. The third-order valence-electron chi connectivity index (χ3n) is 3.99. The van der Waals surface area contributed by atoms with Crippen molar-refractivity contribution in [2.24, 2.45) is 0 Å². The van der Waals surface area contributed by atoms with Crippen LogP contribution in [0.2, 0.25) is 0 Å². The van der Waals surface area contributed by atoms with Crippen LogP contribution in [0.1, 0.15) is 32.8 Å². The quantitative estimate of drug-likeness (QED) is 0.188. The molecule has 0 aliphatic heterocycles. The van der Waals surface area contributed by atoms with E-state index in [-0.39, 0.29) is 19.2 Å². The van der Waals surface area contributed by atoms with Gasteiger partial charge >= 0.3 is 12.1 Å². The Kier molecular flexibility index (Phi) is 18.1. The standard InChI is InChI=1S/C25H40O9S/c1-25(2,3)34-24(27)32-18-17-31-16-15-30-14-13-29-12-11-28-10-7-19-35-21-23(26)33-20-22-8-5-4-6-9-22/h4-6,8-9H,7,10-21H2,1-3H3. The zero-order valence-corrected chi connectivity index (χ0v) is 22.0. The van der Waals surface area contributed by atoms with E-state index in [9.17, 15) is 9.59 Å². The van der Waals surface area contributed by atoms with Crippen LogP contribution in [0.15, 0.2) is 30.3 Å². The van der Waals surface area contributed by atoms with Crippen LogP contribution in [-0.2, 0) is 44.6 Å². The second-order valence-electron chi connectivity index (χ2n) is 8.31. The summed E-state index contributed by atoms with van der Waals surface area (Å²) in [5, 5.41) is 0. The molecule has 0 atom stereocenters. The number of esters is 1. The summed E-state index contributed by atoms with van der Waals surface area (Å²) in [5.74, 6) is 0.986. The Labute approximate surface area is 213 Å². The van der Waals surface area contributed by atoms with Gasteiger partial charge in [0.05, 0.1) is 52.0 Å². The third-order valence-corrected chi connectivity index (χ3v) is 5.01. The predicted molar refractivity (Wildman–Crippen MR) is 134 cm³/mol. The molecular formula is C25H40O9S. The first-order valence-electron chi connectivity index (χ1n) is 11.8. The number of hydrogen-bond donors (Lipinski definition) is 0. The van der Waals surface area contributed by atoms with Crippen LogP contribution >= 0.6 is 11.8 Å². The van der Waals surface area contributed by atoms with Gasteiger partial charge < -0.3 is 33.2 Å². The highest BCUT2D eigenvalue weighted by Gasteiger charge is 2.17. The second-order valence-corrected chi connectivity index (χ2v) is 9.42. The zero-order chi connectivity index (χ0) is 25.6. The molecule has 0 aliphatic rings. The monoisotopic (exact) mass is 516 g/mol. The molecular weight excluding hydrogens is 476 g/mol. The van der Waals surface area contributed by atoms with Crippen molar-refractivity contribution < 1.29 is 42.7 Å². The molecule has 0 saturated heterocycles. The average molecular weight is 517 g/mol. The molecule has 0 heterocycles. The van der Waals surface area contributed by atoms with E-state index < -0.39 is 11.8 Å². The lowest BCUT2D eigenvalue weighted by Gasteiger charge is -2.18. The van der Waals surface area contributed by atoms with Crippen LogP contribution < -0.4 is 0 Å². The summed E-state index contributed by atoms with van der Waals surface area (Å²) in [5.41, 5.74) is 0.419. The Balaban J connectivity index is 1.74. The Morgan fingerprint density at radius 3 is 1.86 bits per heavy atom. The van der Waals surface area contributed by atoms with Gasteiger partial charge in [0.2, 0.25) is 0 Å². The number of rotatable bonds is 20. The molecule has 1 aromatic carbocycles. The van der Waals surface area contributed by atoms with Gasteiger partial charge in [-0.25, -0.2) is 4.79 Å². The fourth-order valence-electron chi connectivity index (χ4n) is 2.42. The minimum Gasteiger partial charge on any atom is -0.460 e. The maximum atomic E-state index is 11.7. The van der Waals surface area contributed by atoms with Gasteiger partial charge in [-0.15, -0.1) is 0 Å². The lowest BCUT2D eigenvalue weighted by molar-refractivity contribution is -0.141. The Hall–Kier alpha value is -1.85. The summed E-state index contributed by atoms with van der Waals surface area (Å²) >= 11 is 1.54. The molecule has 0 spiro atoms. The third kappa shape index (κ3) is 21.2. The lowest BCUT2D eigenvalue weighted by atomic mass is 10.2. The summed E-state index contributed by atoms with van der Waals surface area (Å²) in [6.45, 7) is 9.49. The molecule has 0 saturated carbocycles. The highest BCUT2D eigenvalue weighted by Crippen LogP contribution is 2.08. The molecule has 9 nitrogen and oxygen atoms in total. The lowest BCUT2D eigenvalue weighted by Crippen LogP contribution is -2.25. The molecule has 0 amide bonds. The fraction of sp³-hybridized carbons (Fsp3) is 0.680. The number of benzene rings is 1. The summed E-state index contributed by atoms with van der Waals surface area (Å²) in [7, 11) is 0. The Morgan fingerprint density at radius 2 is 1.29 bits per heavy atom. The van der Waals surface area contributed by atoms with Gasteiger partial charge in [-0.1, -0.05) is 30.3 Å². The van der Waals surface area contributed by atoms with E-state index in [1.54, 1.807) is 32.5 Å². The number of hydrogen-bond acceptors (Lipinski definition) is 10. The zero-order valence-electron chi connectivity index (χ0n) is 21.2. The SMILES string of the molecule is CC(C)(C)OC(=O)OCCOCCOCCOCCOCCCSCC(=O)OCc1ccccc1. The first-order valence-corrected chi connectivity index (χ1v) is 13.0. The van der Waals surface area contributed by atoms with Gasteiger partial charge in [0, 0.05) is 6.61 Å². The van der Waals surface area contributed by atoms with E-state index in [2.05, 4.69) is 0 Å². The molecule has 10 heteroatoms. The molecule has 0 N–H and O–H groups in total. The molecule has 1 rings (SSSR count). The largest absolute Gasteiger partial charge is 0.508 e. The molecule has 0 radical (unpaired) electrons. The topological polar surface area (TPSA) is 98.8 Å². The van der Waals surface area contributed by atoms with Crippen molar-refractivity contribution in [1.29, 1.82) is 0 Å². The van der Waals surface area contributed by atoms with E-state index in [1.807, 2.05) is 30.3 Å². The summed E-state index contributed by atoms with van der Waals surface area (Å²) < 4.78 is 36.8. The summed E-state index contributed by atoms with van der Waals surface area (Å²) in [6, 6.07) is 9.64. The molecule has 0 aromatic heterocycles. The number of carbonyl (C=O) groups excluding carboxylic acids is 2. The van der Waals surface area contributed by atoms with Gasteiger partial charge in [-0.3, -0.25) is 4.79 Å². The average Bonchev–Trinajstić information content (AvgIpc) is 2.81. The van der Waals surface area contributed by atoms with Crippen molar-refractivity contribution in [2.45, 2.75) is 39.4 Å². The molecule has 35 heavy (non-hydrogen) atoms. The highest BCUT2D eigenvalue weighted by atomic mass is 32.2. The molecule has 0 unspecified atom stereocenters. The van der Waals surface area contributed by atoms with Crippen LogP contribution in [0.25, 0.3) is 0 Å². The van der Waals surface area contributed by atoms with Crippen molar-refractivity contribution in [1.82, 2.24) is 0 Å². The van der Waals surface area contributed by atoms with Crippen molar-refractivity contribution >= 4 is 23.9 Å². The highest BCUT2D eigenvalue weighted by molar-refractivity contribution is 7.99. The number of ether oxygens (including phenoxy) is 7. The number of thioether (sulfide) groups is 1. The van der Waals surface area contributed by atoms with E-state index in [1.165, 1.54) is 0 Å². The first kappa shape index (κ1) is 31.2. The summed E-state index contributed by atoms with van der Waals surface area (Å²) in [6.07, 6.45) is 0.164. The molecule has 0 fully saturated rings. The van der Waals surface area contributed by atoms with Crippen LogP contribution in [-0.4, -0.2) is 88.7 Å². The first-order chi connectivity index (χ1) is 16.9. The van der Waals surface area contributed by atoms with E-state index >= 15 is 0 Å². The summed E-state index contributed by atoms with van der Waals surface area (Å²) in [4.78, 5) is 23.0. The van der Waals surface area contributed by atoms with E-state index in [0.29, 0.717) is 58.6 Å². The molecule has 200 valence electrons. The Morgan fingerprint density at radius 1 is 0.743 bits per heavy atom. The van der Waals surface area contributed by atoms with Crippen LogP contribution in [0, 0.1) is 0 Å².